The summed E-state index contributed by atoms with van der Waals surface area (Å²) >= 11 is 0. The predicted molar refractivity (Wildman–Crippen MR) is 126 cm³/mol. The van der Waals surface area contributed by atoms with Crippen molar-refractivity contribution in [2.45, 2.75) is 0 Å². The highest BCUT2D eigenvalue weighted by atomic mass is 16.3. The number of hydrogen-bond donors (Lipinski definition) is 1. The van der Waals surface area contributed by atoms with E-state index in [1.165, 1.54) is 27.3 Å². The van der Waals surface area contributed by atoms with Gasteiger partial charge in [-0.15, -0.1) is 0 Å². The highest BCUT2D eigenvalue weighted by Crippen LogP contribution is 2.35. The number of benzene rings is 5. The number of furan rings is 1. The van der Waals surface area contributed by atoms with Crippen LogP contribution < -0.4 is 5.32 Å². The lowest BCUT2D eigenvalue weighted by molar-refractivity contribution is 0.669. The van der Waals surface area contributed by atoms with Crippen LogP contribution in [0.1, 0.15) is 0 Å². The molecule has 2 heteroatoms. The topological polar surface area (TPSA) is 25.2 Å². The van der Waals surface area contributed by atoms with Gasteiger partial charge >= 0.3 is 0 Å². The SMILES string of the molecule is c1ccc(-c2ccc(Nc3ccc4c(ccc5oc6ccccc6c54)c3)cc2)cc1. The van der Waals surface area contributed by atoms with E-state index in [1.807, 2.05) is 18.2 Å². The number of hydrogen-bond acceptors (Lipinski definition) is 2. The molecule has 0 aliphatic carbocycles. The minimum absolute atomic E-state index is 0.931. The Hall–Kier alpha value is -4.04. The van der Waals surface area contributed by atoms with E-state index in [1.54, 1.807) is 0 Å². The first kappa shape index (κ1) is 16.9. The summed E-state index contributed by atoms with van der Waals surface area (Å²) in [4.78, 5) is 0. The molecule has 0 aliphatic rings. The van der Waals surface area contributed by atoms with Crippen LogP contribution in [0.3, 0.4) is 0 Å². The summed E-state index contributed by atoms with van der Waals surface area (Å²) in [5, 5.41) is 8.28. The molecule has 6 rings (SSSR count). The van der Waals surface area contributed by atoms with E-state index >= 15 is 0 Å². The normalized spacial score (nSPS) is 11.3. The van der Waals surface area contributed by atoms with Crippen LogP contribution >= 0.6 is 0 Å². The molecular formula is C28H19NO. The molecule has 0 atom stereocenters. The van der Waals surface area contributed by atoms with Crippen LogP contribution in [0.25, 0.3) is 43.8 Å². The fraction of sp³-hybridized carbons (Fsp3) is 0. The number of nitrogens with one attached hydrogen (secondary N) is 1. The van der Waals surface area contributed by atoms with E-state index in [0.29, 0.717) is 0 Å². The number of rotatable bonds is 3. The molecule has 0 saturated heterocycles. The second-order valence-electron chi connectivity index (χ2n) is 7.54. The van der Waals surface area contributed by atoms with Gasteiger partial charge in [-0.25, -0.2) is 0 Å². The Labute approximate surface area is 174 Å². The van der Waals surface area contributed by atoms with Gasteiger partial charge in [0.05, 0.1) is 0 Å². The fourth-order valence-electron chi connectivity index (χ4n) is 4.17. The van der Waals surface area contributed by atoms with Crippen LogP contribution in [0.2, 0.25) is 0 Å². The van der Waals surface area contributed by atoms with Gasteiger partial charge < -0.3 is 9.73 Å². The molecule has 1 aromatic heterocycles. The zero-order chi connectivity index (χ0) is 19.9. The fourth-order valence-corrected chi connectivity index (χ4v) is 4.17. The standard InChI is InChI=1S/C28H19NO/c1-2-6-19(7-3-1)20-10-13-22(14-11-20)29-23-15-16-24-21(18-23)12-17-27-28(24)25-8-4-5-9-26(25)30-27/h1-18,29H. The van der Waals surface area contributed by atoms with Gasteiger partial charge in [0.1, 0.15) is 11.2 Å². The Balaban J connectivity index is 1.36. The van der Waals surface area contributed by atoms with Crippen molar-refractivity contribution in [3.63, 3.8) is 0 Å². The summed E-state index contributed by atoms with van der Waals surface area (Å²) in [6.45, 7) is 0. The minimum atomic E-state index is 0.931. The van der Waals surface area contributed by atoms with E-state index in [9.17, 15) is 0 Å². The third-order valence-electron chi connectivity index (χ3n) is 5.64. The predicted octanol–water partition coefficient (Wildman–Crippen LogP) is 8.15. The van der Waals surface area contributed by atoms with E-state index in [2.05, 4.69) is 96.3 Å². The summed E-state index contributed by atoms with van der Waals surface area (Å²) in [5.41, 5.74) is 6.45. The Morgan fingerprint density at radius 3 is 2.10 bits per heavy atom. The lowest BCUT2D eigenvalue weighted by Crippen LogP contribution is -1.90. The molecule has 2 nitrogen and oxygen atoms in total. The minimum Gasteiger partial charge on any atom is -0.456 e. The lowest BCUT2D eigenvalue weighted by Gasteiger charge is -2.09. The molecule has 0 bridgehead atoms. The molecule has 5 aromatic carbocycles. The molecule has 142 valence electrons. The van der Waals surface area contributed by atoms with Crippen molar-refractivity contribution in [3.8, 4) is 11.1 Å². The van der Waals surface area contributed by atoms with E-state index in [4.69, 9.17) is 4.42 Å². The van der Waals surface area contributed by atoms with Crippen molar-refractivity contribution < 1.29 is 4.42 Å². The zero-order valence-corrected chi connectivity index (χ0v) is 16.3. The molecular weight excluding hydrogens is 366 g/mol. The van der Waals surface area contributed by atoms with Crippen LogP contribution in [0.15, 0.2) is 114 Å². The first-order valence-corrected chi connectivity index (χ1v) is 10.1. The molecule has 30 heavy (non-hydrogen) atoms. The van der Waals surface area contributed by atoms with Gasteiger partial charge in [-0.05, 0) is 58.3 Å². The van der Waals surface area contributed by atoms with Crippen LogP contribution in [0.4, 0.5) is 11.4 Å². The Bertz CT molecular complexity index is 1490. The van der Waals surface area contributed by atoms with Gasteiger partial charge in [0.15, 0.2) is 0 Å². The average molecular weight is 385 g/mol. The maximum Gasteiger partial charge on any atom is 0.136 e. The van der Waals surface area contributed by atoms with Crippen molar-refractivity contribution in [1.29, 1.82) is 0 Å². The van der Waals surface area contributed by atoms with Crippen LogP contribution in [0.5, 0.6) is 0 Å². The largest absolute Gasteiger partial charge is 0.456 e. The highest BCUT2D eigenvalue weighted by molar-refractivity contribution is 6.19. The summed E-state index contributed by atoms with van der Waals surface area (Å²) in [7, 11) is 0. The number of fused-ring (bicyclic) bond motifs is 5. The van der Waals surface area contributed by atoms with Crippen molar-refractivity contribution >= 4 is 44.1 Å². The smallest absolute Gasteiger partial charge is 0.136 e. The molecule has 0 saturated carbocycles. The average Bonchev–Trinajstić information content (AvgIpc) is 3.19. The molecule has 0 fully saturated rings. The lowest BCUT2D eigenvalue weighted by atomic mass is 10.0. The second kappa shape index (κ2) is 6.78. The monoisotopic (exact) mass is 385 g/mol. The van der Waals surface area contributed by atoms with E-state index in [-0.39, 0.29) is 0 Å². The highest BCUT2D eigenvalue weighted by Gasteiger charge is 2.10. The molecule has 1 N–H and O–H groups in total. The molecule has 0 aliphatic heterocycles. The summed E-state index contributed by atoms with van der Waals surface area (Å²) in [5.74, 6) is 0. The maximum absolute atomic E-state index is 6.02. The van der Waals surface area contributed by atoms with Crippen molar-refractivity contribution in [2.24, 2.45) is 0 Å². The maximum atomic E-state index is 6.02. The number of anilines is 2. The van der Waals surface area contributed by atoms with Crippen molar-refractivity contribution in [3.05, 3.63) is 109 Å². The van der Waals surface area contributed by atoms with E-state index < -0.39 is 0 Å². The van der Waals surface area contributed by atoms with Crippen molar-refractivity contribution in [1.82, 2.24) is 0 Å². The summed E-state index contributed by atoms with van der Waals surface area (Å²) in [6.07, 6.45) is 0. The molecule has 6 aromatic rings. The second-order valence-corrected chi connectivity index (χ2v) is 7.54. The first-order valence-electron chi connectivity index (χ1n) is 10.1. The molecule has 0 unspecified atom stereocenters. The quantitative estimate of drug-likeness (QED) is 0.332. The first-order chi connectivity index (χ1) is 14.8. The third-order valence-corrected chi connectivity index (χ3v) is 5.64. The molecule has 1 heterocycles. The Kier molecular flexibility index (Phi) is 3.82. The zero-order valence-electron chi connectivity index (χ0n) is 16.3. The van der Waals surface area contributed by atoms with Crippen molar-refractivity contribution in [2.75, 3.05) is 5.32 Å². The molecule has 0 amide bonds. The van der Waals surface area contributed by atoms with Crippen LogP contribution in [-0.4, -0.2) is 0 Å². The third kappa shape index (κ3) is 2.82. The van der Waals surface area contributed by atoms with Gasteiger partial charge in [-0.3, -0.25) is 0 Å². The number of para-hydroxylation sites is 1. The van der Waals surface area contributed by atoms with Crippen LogP contribution in [0, 0.1) is 0 Å². The van der Waals surface area contributed by atoms with Gasteiger partial charge in [-0.2, -0.15) is 0 Å². The van der Waals surface area contributed by atoms with Gasteiger partial charge in [0.2, 0.25) is 0 Å². The Morgan fingerprint density at radius 1 is 0.500 bits per heavy atom. The summed E-state index contributed by atoms with van der Waals surface area (Å²) < 4.78 is 6.02. The van der Waals surface area contributed by atoms with E-state index in [0.717, 1.165) is 27.9 Å². The van der Waals surface area contributed by atoms with Gasteiger partial charge in [-0.1, -0.05) is 72.8 Å². The molecule has 0 spiro atoms. The van der Waals surface area contributed by atoms with Gasteiger partial charge in [0.25, 0.3) is 0 Å². The van der Waals surface area contributed by atoms with Gasteiger partial charge in [0, 0.05) is 22.1 Å². The van der Waals surface area contributed by atoms with Crippen LogP contribution in [-0.2, 0) is 0 Å². The summed E-state index contributed by atoms with van der Waals surface area (Å²) in [6, 6.07) is 37.9. The Morgan fingerprint density at radius 2 is 1.23 bits per heavy atom. The molecule has 0 radical (unpaired) electrons.